The zero-order valence-electron chi connectivity index (χ0n) is 15.0. The van der Waals surface area contributed by atoms with Crippen LogP contribution in [0.4, 0.5) is 11.6 Å². The fraction of sp³-hybridized carbons (Fsp3) is 0.421. The number of aliphatic hydroxyl groups excluding tert-OH is 2. The molecule has 8 heteroatoms. The third kappa shape index (κ3) is 4.01. The quantitative estimate of drug-likeness (QED) is 0.526. The summed E-state index contributed by atoms with van der Waals surface area (Å²) in [6, 6.07) is 8.07. The van der Waals surface area contributed by atoms with E-state index in [1.807, 2.05) is 30.5 Å². The lowest BCUT2D eigenvalue weighted by molar-refractivity contribution is 0.126. The minimum atomic E-state index is -0.181. The zero-order chi connectivity index (χ0) is 18.6. The maximum atomic E-state index is 9.65. The van der Waals surface area contributed by atoms with E-state index in [2.05, 4.69) is 25.7 Å². The van der Waals surface area contributed by atoms with E-state index in [1.54, 1.807) is 10.9 Å². The highest BCUT2D eigenvalue weighted by molar-refractivity contribution is 5.83. The number of fused-ring (bicyclic) bond motifs is 1. The number of benzene rings is 1. The van der Waals surface area contributed by atoms with Crippen molar-refractivity contribution in [1.29, 1.82) is 0 Å². The van der Waals surface area contributed by atoms with Crippen molar-refractivity contribution >= 4 is 22.5 Å². The van der Waals surface area contributed by atoms with Gasteiger partial charge in [-0.05, 0) is 43.9 Å². The van der Waals surface area contributed by atoms with Crippen LogP contribution in [0.2, 0.25) is 0 Å². The molecule has 2 aromatic heterocycles. The first kappa shape index (κ1) is 17.7. The van der Waals surface area contributed by atoms with Crippen LogP contribution < -0.4 is 10.6 Å². The van der Waals surface area contributed by atoms with Crippen LogP contribution >= 0.6 is 0 Å². The van der Waals surface area contributed by atoms with Gasteiger partial charge in [-0.3, -0.25) is 0 Å². The second kappa shape index (κ2) is 7.89. The van der Waals surface area contributed by atoms with Crippen LogP contribution in [0.15, 0.2) is 36.7 Å². The van der Waals surface area contributed by atoms with E-state index in [0.29, 0.717) is 18.3 Å². The van der Waals surface area contributed by atoms with Crippen molar-refractivity contribution in [3.8, 4) is 5.82 Å². The summed E-state index contributed by atoms with van der Waals surface area (Å²) in [5.41, 5.74) is 1.86. The minimum absolute atomic E-state index is 0.0798. The highest BCUT2D eigenvalue weighted by Crippen LogP contribution is 2.23. The highest BCUT2D eigenvalue weighted by Gasteiger charge is 2.20. The van der Waals surface area contributed by atoms with Crippen LogP contribution in [0.3, 0.4) is 0 Å². The van der Waals surface area contributed by atoms with Gasteiger partial charge >= 0.3 is 0 Å². The lowest BCUT2D eigenvalue weighted by atomic mass is 9.93. The SMILES string of the molecule is OCCNc1ccc2cnn(-c3ccnc(N[C@H]4CC[C@H](O)CC4)n3)c2c1. The number of nitrogens with one attached hydrogen (secondary N) is 2. The predicted octanol–water partition coefficient (Wildman–Crippen LogP) is 1.94. The fourth-order valence-electron chi connectivity index (χ4n) is 3.45. The minimum Gasteiger partial charge on any atom is -0.395 e. The van der Waals surface area contributed by atoms with Gasteiger partial charge in [0.15, 0.2) is 5.82 Å². The molecule has 0 atom stereocenters. The number of aromatic nitrogens is 4. The van der Waals surface area contributed by atoms with Crippen molar-refractivity contribution in [1.82, 2.24) is 19.7 Å². The summed E-state index contributed by atoms with van der Waals surface area (Å²) < 4.78 is 1.79. The first-order chi connectivity index (χ1) is 13.2. The summed E-state index contributed by atoms with van der Waals surface area (Å²) in [6.45, 7) is 0.577. The zero-order valence-corrected chi connectivity index (χ0v) is 15.0. The maximum absolute atomic E-state index is 9.65. The van der Waals surface area contributed by atoms with Crippen LogP contribution in [0, 0.1) is 0 Å². The number of hydrogen-bond donors (Lipinski definition) is 4. The summed E-state index contributed by atoms with van der Waals surface area (Å²) in [4.78, 5) is 8.96. The molecule has 4 N–H and O–H groups in total. The average molecular weight is 368 g/mol. The van der Waals surface area contributed by atoms with Gasteiger partial charge in [-0.25, -0.2) is 9.67 Å². The van der Waals surface area contributed by atoms with Crippen molar-refractivity contribution in [2.45, 2.75) is 37.8 Å². The standard InChI is InChI=1S/C19H24N6O2/c26-10-9-20-15-2-1-13-12-22-25(17(13)11-15)18-7-8-21-19(24-18)23-14-3-5-16(27)6-4-14/h1-2,7-8,11-12,14,16,20,26-27H,3-6,9-10H2,(H,21,23,24)/t14-,16-. The average Bonchev–Trinajstić information content (AvgIpc) is 3.12. The molecular weight excluding hydrogens is 344 g/mol. The van der Waals surface area contributed by atoms with Gasteiger partial charge in [0.25, 0.3) is 0 Å². The Morgan fingerprint density at radius 2 is 2.00 bits per heavy atom. The predicted molar refractivity (Wildman–Crippen MR) is 104 cm³/mol. The van der Waals surface area contributed by atoms with Crippen LogP contribution in [-0.2, 0) is 0 Å². The second-order valence-corrected chi connectivity index (χ2v) is 6.87. The second-order valence-electron chi connectivity index (χ2n) is 6.87. The molecule has 0 radical (unpaired) electrons. The third-order valence-electron chi connectivity index (χ3n) is 4.90. The van der Waals surface area contributed by atoms with Gasteiger partial charge in [0.2, 0.25) is 5.95 Å². The van der Waals surface area contributed by atoms with E-state index in [9.17, 15) is 5.11 Å². The van der Waals surface area contributed by atoms with Crippen molar-refractivity contribution < 1.29 is 10.2 Å². The van der Waals surface area contributed by atoms with Crippen molar-refractivity contribution in [3.63, 3.8) is 0 Å². The van der Waals surface area contributed by atoms with E-state index < -0.39 is 0 Å². The Bertz CT molecular complexity index is 904. The smallest absolute Gasteiger partial charge is 0.224 e. The Kier molecular flexibility index (Phi) is 5.17. The van der Waals surface area contributed by atoms with Gasteiger partial charge in [-0.15, -0.1) is 0 Å². The van der Waals surface area contributed by atoms with Gasteiger partial charge in [-0.1, -0.05) is 0 Å². The number of aliphatic hydroxyl groups is 2. The van der Waals surface area contributed by atoms with E-state index >= 15 is 0 Å². The molecule has 1 fully saturated rings. The Balaban J connectivity index is 1.57. The van der Waals surface area contributed by atoms with Crippen LogP contribution in [0.25, 0.3) is 16.7 Å². The van der Waals surface area contributed by atoms with E-state index in [4.69, 9.17) is 5.11 Å². The molecule has 1 aromatic carbocycles. The fourth-order valence-corrected chi connectivity index (χ4v) is 3.45. The molecule has 1 aliphatic rings. The van der Waals surface area contributed by atoms with Crippen LogP contribution in [0.1, 0.15) is 25.7 Å². The number of anilines is 2. The Labute approximate surface area is 157 Å². The molecule has 3 aromatic rings. The van der Waals surface area contributed by atoms with E-state index in [0.717, 1.165) is 42.3 Å². The Morgan fingerprint density at radius 3 is 2.81 bits per heavy atom. The first-order valence-corrected chi connectivity index (χ1v) is 9.33. The lowest BCUT2D eigenvalue weighted by Gasteiger charge is -2.26. The molecule has 0 bridgehead atoms. The third-order valence-corrected chi connectivity index (χ3v) is 4.90. The van der Waals surface area contributed by atoms with Crippen molar-refractivity contribution in [2.24, 2.45) is 0 Å². The van der Waals surface area contributed by atoms with Crippen molar-refractivity contribution in [2.75, 3.05) is 23.8 Å². The molecule has 1 aliphatic carbocycles. The van der Waals surface area contributed by atoms with Gasteiger partial charge in [-0.2, -0.15) is 10.1 Å². The number of hydrogen-bond acceptors (Lipinski definition) is 7. The molecular formula is C19H24N6O2. The molecule has 0 amide bonds. The molecule has 27 heavy (non-hydrogen) atoms. The Morgan fingerprint density at radius 1 is 1.15 bits per heavy atom. The largest absolute Gasteiger partial charge is 0.395 e. The Hall–Kier alpha value is -2.71. The molecule has 1 saturated carbocycles. The maximum Gasteiger partial charge on any atom is 0.224 e. The van der Waals surface area contributed by atoms with Crippen LogP contribution in [0.5, 0.6) is 0 Å². The normalized spacial score (nSPS) is 19.9. The van der Waals surface area contributed by atoms with E-state index in [-0.39, 0.29) is 18.8 Å². The monoisotopic (exact) mass is 368 g/mol. The molecule has 0 spiro atoms. The van der Waals surface area contributed by atoms with Crippen molar-refractivity contribution in [3.05, 3.63) is 36.7 Å². The lowest BCUT2D eigenvalue weighted by Crippen LogP contribution is -2.29. The van der Waals surface area contributed by atoms with Crippen LogP contribution in [-0.4, -0.2) is 55.3 Å². The summed E-state index contributed by atoms with van der Waals surface area (Å²) >= 11 is 0. The van der Waals surface area contributed by atoms with Gasteiger partial charge in [0.1, 0.15) is 0 Å². The molecule has 0 unspecified atom stereocenters. The number of rotatable bonds is 6. The van der Waals surface area contributed by atoms with E-state index in [1.165, 1.54) is 0 Å². The summed E-state index contributed by atoms with van der Waals surface area (Å²) in [7, 11) is 0. The molecule has 142 valence electrons. The summed E-state index contributed by atoms with van der Waals surface area (Å²) in [6.07, 6.45) is 6.81. The molecule has 8 nitrogen and oxygen atoms in total. The van der Waals surface area contributed by atoms with Gasteiger partial charge in [0, 0.05) is 35.9 Å². The molecule has 0 saturated heterocycles. The van der Waals surface area contributed by atoms with Gasteiger partial charge < -0.3 is 20.8 Å². The molecule has 4 rings (SSSR count). The summed E-state index contributed by atoms with van der Waals surface area (Å²) in [5.74, 6) is 1.27. The van der Waals surface area contributed by atoms with Gasteiger partial charge in [0.05, 0.1) is 24.4 Å². The highest BCUT2D eigenvalue weighted by atomic mass is 16.3. The summed E-state index contributed by atoms with van der Waals surface area (Å²) in [5, 5.41) is 30.7. The topological polar surface area (TPSA) is 108 Å². The first-order valence-electron chi connectivity index (χ1n) is 9.33. The molecule has 0 aliphatic heterocycles. The number of nitrogens with zero attached hydrogens (tertiary/aromatic N) is 4. The molecule has 2 heterocycles.